The van der Waals surface area contributed by atoms with Crippen molar-refractivity contribution in [3.8, 4) is 0 Å². The number of rotatable bonds is 6. The van der Waals surface area contributed by atoms with E-state index in [1.54, 1.807) is 13.0 Å². The Kier molecular flexibility index (Phi) is 5.31. The molecule has 0 aliphatic carbocycles. The lowest BCUT2D eigenvalue weighted by Gasteiger charge is -2.23. The minimum absolute atomic E-state index is 0.147. The van der Waals surface area contributed by atoms with Crippen LogP contribution < -0.4 is 10.6 Å². The number of piperidine rings is 1. The third-order valence-corrected chi connectivity index (χ3v) is 3.56. The summed E-state index contributed by atoms with van der Waals surface area (Å²) < 4.78 is 5.79. The number of nitro groups is 1. The van der Waals surface area contributed by atoms with Gasteiger partial charge in [-0.3, -0.25) is 10.1 Å². The van der Waals surface area contributed by atoms with Crippen molar-refractivity contribution in [2.75, 3.05) is 31.6 Å². The first-order valence-electron chi connectivity index (χ1n) is 6.98. The maximum atomic E-state index is 10.9. The van der Waals surface area contributed by atoms with E-state index < -0.39 is 0 Å². The van der Waals surface area contributed by atoms with Crippen molar-refractivity contribution in [3.05, 3.63) is 33.9 Å². The van der Waals surface area contributed by atoms with E-state index in [0.29, 0.717) is 24.8 Å². The summed E-state index contributed by atoms with van der Waals surface area (Å²) in [5.74, 6) is 0. The maximum Gasteiger partial charge on any atom is 0.274 e. The highest BCUT2D eigenvalue weighted by molar-refractivity contribution is 5.59. The van der Waals surface area contributed by atoms with Gasteiger partial charge in [-0.05, 0) is 38.9 Å². The lowest BCUT2D eigenvalue weighted by molar-refractivity contribution is -0.385. The van der Waals surface area contributed by atoms with Crippen molar-refractivity contribution in [2.45, 2.75) is 25.9 Å². The third kappa shape index (κ3) is 3.91. The molecule has 0 amide bonds. The van der Waals surface area contributed by atoms with E-state index in [-0.39, 0.29) is 10.6 Å². The molecular weight excluding hydrogens is 258 g/mol. The van der Waals surface area contributed by atoms with Crippen LogP contribution in [0.15, 0.2) is 18.2 Å². The standard InChI is InChI=1S/C14H21N3O3/c1-11-13(3-2-4-14(11)17(18)19)16-9-10-20-12-5-7-15-8-6-12/h2-4,12,15-16H,5-10H2,1H3. The molecule has 0 spiro atoms. The molecule has 0 aromatic heterocycles. The van der Waals surface area contributed by atoms with Crippen molar-refractivity contribution < 1.29 is 9.66 Å². The second-order valence-corrected chi connectivity index (χ2v) is 4.95. The van der Waals surface area contributed by atoms with Gasteiger partial charge in [-0.2, -0.15) is 0 Å². The molecule has 110 valence electrons. The zero-order valence-corrected chi connectivity index (χ0v) is 11.7. The van der Waals surface area contributed by atoms with Crippen LogP contribution in [0.5, 0.6) is 0 Å². The van der Waals surface area contributed by atoms with Crippen molar-refractivity contribution >= 4 is 11.4 Å². The van der Waals surface area contributed by atoms with Gasteiger partial charge in [-0.1, -0.05) is 6.07 Å². The van der Waals surface area contributed by atoms with Gasteiger partial charge < -0.3 is 15.4 Å². The molecule has 6 heteroatoms. The van der Waals surface area contributed by atoms with Crippen LogP contribution in [-0.4, -0.2) is 37.3 Å². The molecule has 1 fully saturated rings. The first kappa shape index (κ1) is 14.7. The monoisotopic (exact) mass is 279 g/mol. The first-order chi connectivity index (χ1) is 9.68. The van der Waals surface area contributed by atoms with Gasteiger partial charge in [0.25, 0.3) is 5.69 Å². The Bertz CT molecular complexity index is 459. The number of nitro benzene ring substituents is 1. The van der Waals surface area contributed by atoms with Gasteiger partial charge >= 0.3 is 0 Å². The number of nitrogens with one attached hydrogen (secondary N) is 2. The zero-order chi connectivity index (χ0) is 14.4. The van der Waals surface area contributed by atoms with Crippen molar-refractivity contribution in [3.63, 3.8) is 0 Å². The fourth-order valence-electron chi connectivity index (χ4n) is 2.39. The summed E-state index contributed by atoms with van der Waals surface area (Å²) in [7, 11) is 0. The fraction of sp³-hybridized carbons (Fsp3) is 0.571. The highest BCUT2D eigenvalue weighted by atomic mass is 16.6. The highest BCUT2D eigenvalue weighted by Crippen LogP contribution is 2.24. The molecule has 1 saturated heterocycles. The van der Waals surface area contributed by atoms with E-state index in [0.717, 1.165) is 31.6 Å². The predicted octanol–water partition coefficient (Wildman–Crippen LogP) is 2.08. The lowest BCUT2D eigenvalue weighted by atomic mass is 10.1. The van der Waals surface area contributed by atoms with Crippen LogP contribution in [0.2, 0.25) is 0 Å². The molecule has 0 atom stereocenters. The number of ether oxygens (including phenoxy) is 1. The van der Waals surface area contributed by atoms with Gasteiger partial charge in [0, 0.05) is 23.9 Å². The van der Waals surface area contributed by atoms with Crippen LogP contribution in [-0.2, 0) is 4.74 Å². The molecule has 0 bridgehead atoms. The Morgan fingerprint density at radius 3 is 2.90 bits per heavy atom. The Labute approximate surface area is 118 Å². The molecule has 0 unspecified atom stereocenters. The molecule has 0 radical (unpaired) electrons. The maximum absolute atomic E-state index is 10.9. The molecule has 1 aliphatic heterocycles. The Balaban J connectivity index is 1.79. The molecule has 2 N–H and O–H groups in total. The van der Waals surface area contributed by atoms with Crippen LogP contribution >= 0.6 is 0 Å². The molecule has 1 aromatic carbocycles. The summed E-state index contributed by atoms with van der Waals surface area (Å²) in [6.07, 6.45) is 2.44. The van der Waals surface area contributed by atoms with Gasteiger partial charge in [0.2, 0.25) is 0 Å². The zero-order valence-electron chi connectivity index (χ0n) is 11.7. The first-order valence-corrected chi connectivity index (χ1v) is 6.98. The highest BCUT2D eigenvalue weighted by Gasteiger charge is 2.14. The number of anilines is 1. The van der Waals surface area contributed by atoms with Gasteiger partial charge in [0.1, 0.15) is 0 Å². The molecular formula is C14H21N3O3. The van der Waals surface area contributed by atoms with Crippen molar-refractivity contribution in [1.29, 1.82) is 0 Å². The normalized spacial score (nSPS) is 16.1. The summed E-state index contributed by atoms with van der Waals surface area (Å²) in [5, 5.41) is 17.4. The minimum atomic E-state index is -0.355. The molecule has 2 rings (SSSR count). The second kappa shape index (κ2) is 7.21. The summed E-state index contributed by atoms with van der Waals surface area (Å²) >= 11 is 0. The predicted molar refractivity (Wildman–Crippen MR) is 78.2 cm³/mol. The fourth-order valence-corrected chi connectivity index (χ4v) is 2.39. The minimum Gasteiger partial charge on any atom is -0.382 e. The molecule has 1 aliphatic rings. The summed E-state index contributed by atoms with van der Waals surface area (Å²) in [5.41, 5.74) is 1.61. The Morgan fingerprint density at radius 2 is 2.20 bits per heavy atom. The molecule has 0 saturated carbocycles. The number of nitrogens with zero attached hydrogens (tertiary/aromatic N) is 1. The van der Waals surface area contributed by atoms with Crippen molar-refractivity contribution in [2.24, 2.45) is 0 Å². The Morgan fingerprint density at radius 1 is 1.45 bits per heavy atom. The van der Waals surface area contributed by atoms with Crippen molar-refractivity contribution in [1.82, 2.24) is 5.32 Å². The molecule has 1 aromatic rings. The van der Waals surface area contributed by atoms with E-state index in [4.69, 9.17) is 4.74 Å². The Hall–Kier alpha value is -1.66. The van der Waals surface area contributed by atoms with Gasteiger partial charge in [0.15, 0.2) is 0 Å². The van der Waals surface area contributed by atoms with Crippen LogP contribution in [0.25, 0.3) is 0 Å². The number of hydrogen-bond donors (Lipinski definition) is 2. The smallest absolute Gasteiger partial charge is 0.274 e. The number of benzene rings is 1. The van der Waals surface area contributed by atoms with Crippen LogP contribution in [0.1, 0.15) is 18.4 Å². The summed E-state index contributed by atoms with van der Waals surface area (Å²) in [6, 6.07) is 5.07. The van der Waals surface area contributed by atoms with E-state index in [1.165, 1.54) is 6.07 Å². The van der Waals surface area contributed by atoms with Crippen LogP contribution in [0.4, 0.5) is 11.4 Å². The van der Waals surface area contributed by atoms with E-state index in [9.17, 15) is 10.1 Å². The van der Waals surface area contributed by atoms with Gasteiger partial charge in [-0.25, -0.2) is 0 Å². The van der Waals surface area contributed by atoms with Crippen LogP contribution in [0.3, 0.4) is 0 Å². The average Bonchev–Trinajstić information content (AvgIpc) is 2.46. The largest absolute Gasteiger partial charge is 0.382 e. The lowest BCUT2D eigenvalue weighted by Crippen LogP contribution is -2.33. The molecule has 20 heavy (non-hydrogen) atoms. The molecule has 1 heterocycles. The van der Waals surface area contributed by atoms with E-state index >= 15 is 0 Å². The number of hydrogen-bond acceptors (Lipinski definition) is 5. The van der Waals surface area contributed by atoms with Gasteiger partial charge in [-0.15, -0.1) is 0 Å². The van der Waals surface area contributed by atoms with E-state index in [1.807, 2.05) is 6.07 Å². The van der Waals surface area contributed by atoms with E-state index in [2.05, 4.69) is 10.6 Å². The SMILES string of the molecule is Cc1c(NCCOC2CCNCC2)cccc1[N+](=O)[O-]. The summed E-state index contributed by atoms with van der Waals surface area (Å²) in [4.78, 5) is 10.5. The second-order valence-electron chi connectivity index (χ2n) is 4.95. The molecule has 6 nitrogen and oxygen atoms in total. The quantitative estimate of drug-likeness (QED) is 0.473. The third-order valence-electron chi connectivity index (χ3n) is 3.56. The average molecular weight is 279 g/mol. The van der Waals surface area contributed by atoms with Gasteiger partial charge in [0.05, 0.1) is 17.6 Å². The summed E-state index contributed by atoms with van der Waals surface area (Å²) in [6.45, 7) is 5.07. The van der Waals surface area contributed by atoms with Crippen LogP contribution in [0, 0.1) is 17.0 Å². The topological polar surface area (TPSA) is 76.4 Å².